The molecule has 0 atom stereocenters. The summed E-state index contributed by atoms with van der Waals surface area (Å²) in [7, 11) is 0. The van der Waals surface area contributed by atoms with Crippen LogP contribution in [0.4, 0.5) is 17.1 Å². The van der Waals surface area contributed by atoms with Gasteiger partial charge in [0.05, 0.1) is 34.0 Å². The Morgan fingerprint density at radius 2 is 2.13 bits per heavy atom. The summed E-state index contributed by atoms with van der Waals surface area (Å²) in [5.74, 6) is 0.823. The van der Waals surface area contributed by atoms with Gasteiger partial charge >= 0.3 is 0 Å². The van der Waals surface area contributed by atoms with E-state index in [-0.39, 0.29) is 10.6 Å². The molecule has 0 unspecified atom stereocenters. The minimum atomic E-state index is -0.339. The summed E-state index contributed by atoms with van der Waals surface area (Å²) in [6, 6.07) is 11.1. The van der Waals surface area contributed by atoms with Crippen LogP contribution in [0.2, 0.25) is 0 Å². The predicted octanol–water partition coefficient (Wildman–Crippen LogP) is 5.07. The summed E-state index contributed by atoms with van der Waals surface area (Å²) < 4.78 is 7.40. The molecule has 1 fully saturated rings. The van der Waals surface area contributed by atoms with Gasteiger partial charge in [-0.15, -0.1) is 17.9 Å². The molecule has 2 aromatic carbocycles. The number of hydrogen-bond donors (Lipinski definition) is 0. The first-order valence-corrected chi connectivity index (χ1v) is 11.2. The van der Waals surface area contributed by atoms with Gasteiger partial charge in [0, 0.05) is 31.1 Å². The second-order valence-corrected chi connectivity index (χ2v) is 8.89. The van der Waals surface area contributed by atoms with Crippen molar-refractivity contribution in [3.63, 3.8) is 0 Å². The summed E-state index contributed by atoms with van der Waals surface area (Å²) >= 11 is 3.28. The van der Waals surface area contributed by atoms with Gasteiger partial charge in [-0.3, -0.25) is 15.1 Å². The van der Waals surface area contributed by atoms with E-state index in [9.17, 15) is 10.1 Å². The van der Waals surface area contributed by atoms with Gasteiger partial charge in [0.25, 0.3) is 5.69 Å². The molecule has 154 valence electrons. The highest BCUT2D eigenvalue weighted by Crippen LogP contribution is 2.32. The summed E-state index contributed by atoms with van der Waals surface area (Å²) in [5.41, 5.74) is 3.12. The Balaban J connectivity index is 1.56. The Bertz CT molecular complexity index is 1110. The highest BCUT2D eigenvalue weighted by atomic mass is 32.2. The molecule has 1 aliphatic heterocycles. The zero-order valence-electron chi connectivity index (χ0n) is 16.2. The normalized spacial score (nSPS) is 14.5. The van der Waals surface area contributed by atoms with Crippen LogP contribution in [0.15, 0.2) is 58.4 Å². The minimum absolute atomic E-state index is 0.0858. The molecule has 0 radical (unpaired) electrons. The number of anilines is 1. The average Bonchev–Trinajstić information content (AvgIpc) is 3.18. The van der Waals surface area contributed by atoms with Crippen molar-refractivity contribution in [3.8, 4) is 0 Å². The average molecular weight is 441 g/mol. The second kappa shape index (κ2) is 9.38. The topological polar surface area (TPSA) is 80.9 Å². The summed E-state index contributed by atoms with van der Waals surface area (Å²) in [5, 5.41) is 11.6. The van der Waals surface area contributed by atoms with Crippen molar-refractivity contribution in [1.82, 2.24) is 4.98 Å². The van der Waals surface area contributed by atoms with Crippen LogP contribution in [0.1, 0.15) is 5.56 Å². The summed E-state index contributed by atoms with van der Waals surface area (Å²) in [6.45, 7) is 6.19. The minimum Gasteiger partial charge on any atom is -0.378 e. The van der Waals surface area contributed by atoms with Crippen molar-refractivity contribution in [1.29, 1.82) is 0 Å². The van der Waals surface area contributed by atoms with Crippen molar-refractivity contribution in [3.05, 3.63) is 64.7 Å². The van der Waals surface area contributed by atoms with Gasteiger partial charge in [-0.25, -0.2) is 4.98 Å². The molecule has 1 aromatic heterocycles. The molecule has 0 aliphatic carbocycles. The van der Waals surface area contributed by atoms with Gasteiger partial charge in [-0.05, 0) is 29.8 Å². The van der Waals surface area contributed by atoms with Crippen LogP contribution in [0.25, 0.3) is 10.2 Å². The number of nitro groups is 1. The lowest BCUT2D eigenvalue weighted by Gasteiger charge is -2.28. The van der Waals surface area contributed by atoms with E-state index < -0.39 is 0 Å². The first kappa shape index (κ1) is 20.5. The fourth-order valence-corrected chi connectivity index (χ4v) is 5.01. The van der Waals surface area contributed by atoms with E-state index in [4.69, 9.17) is 4.74 Å². The van der Waals surface area contributed by atoms with Crippen LogP contribution in [-0.2, 0) is 4.74 Å². The van der Waals surface area contributed by atoms with E-state index in [2.05, 4.69) is 16.6 Å². The molecule has 7 nitrogen and oxygen atoms in total. The van der Waals surface area contributed by atoms with Crippen LogP contribution >= 0.6 is 23.1 Å². The van der Waals surface area contributed by atoms with Crippen molar-refractivity contribution in [2.45, 2.75) is 4.34 Å². The van der Waals surface area contributed by atoms with Crippen molar-refractivity contribution in [2.75, 3.05) is 37.0 Å². The third kappa shape index (κ3) is 4.69. The fraction of sp³-hybridized carbons (Fsp3) is 0.238. The molecule has 0 amide bonds. The number of benzene rings is 2. The number of aliphatic imine (C=N–C) groups is 1. The van der Waals surface area contributed by atoms with E-state index in [0.717, 1.165) is 26.0 Å². The Hall–Kier alpha value is -2.75. The molecule has 2 heterocycles. The lowest BCUT2D eigenvalue weighted by molar-refractivity contribution is -0.384. The van der Waals surface area contributed by atoms with Crippen molar-refractivity contribution >= 4 is 56.6 Å². The molecule has 3 aromatic rings. The number of aromatic nitrogens is 1. The monoisotopic (exact) mass is 440 g/mol. The predicted molar refractivity (Wildman–Crippen MR) is 124 cm³/mol. The number of ether oxygens (including phenoxy) is 1. The molecule has 0 saturated carbocycles. The van der Waals surface area contributed by atoms with Gasteiger partial charge < -0.3 is 9.64 Å². The van der Waals surface area contributed by atoms with Gasteiger partial charge in [0.2, 0.25) is 0 Å². The van der Waals surface area contributed by atoms with E-state index in [1.54, 1.807) is 41.4 Å². The van der Waals surface area contributed by atoms with Crippen LogP contribution in [0, 0.1) is 10.1 Å². The highest BCUT2D eigenvalue weighted by Gasteiger charge is 2.21. The van der Waals surface area contributed by atoms with E-state index >= 15 is 0 Å². The molecule has 4 rings (SSSR count). The van der Waals surface area contributed by atoms with Gasteiger partial charge in [0.15, 0.2) is 4.34 Å². The number of rotatable bonds is 7. The Kier molecular flexibility index (Phi) is 6.41. The van der Waals surface area contributed by atoms with Crippen LogP contribution in [0.3, 0.4) is 0 Å². The number of hydrogen-bond acceptors (Lipinski definition) is 8. The summed E-state index contributed by atoms with van der Waals surface area (Å²) in [6.07, 6.45) is 3.52. The van der Waals surface area contributed by atoms with Gasteiger partial charge in [-0.2, -0.15) is 0 Å². The number of fused-ring (bicyclic) bond motifs is 1. The van der Waals surface area contributed by atoms with Crippen molar-refractivity contribution < 1.29 is 9.66 Å². The number of nitro benzene ring substituents is 1. The Morgan fingerprint density at radius 1 is 1.30 bits per heavy atom. The molecule has 0 N–H and O–H groups in total. The first-order chi connectivity index (χ1) is 14.6. The number of nitrogens with zero attached hydrogens (tertiary/aromatic N) is 4. The van der Waals surface area contributed by atoms with E-state index in [1.807, 2.05) is 35.2 Å². The standard InChI is InChI=1S/C21H20N4O3S2/c1-2-11-29-21-23-17-5-4-16(13-20(17)30-21)22-14-15-3-6-18(19(12-15)25(26)27)24-7-9-28-10-8-24/h2-6,12-14H,1,7-11H2. The molecule has 1 aliphatic rings. The van der Waals surface area contributed by atoms with Gasteiger partial charge in [0.1, 0.15) is 5.69 Å². The SMILES string of the molecule is C=CCSc1nc2ccc(N=Cc3ccc(N4CCOCC4)c([N+](=O)[O-])c3)cc2s1. The number of morpholine rings is 1. The molecule has 1 saturated heterocycles. The summed E-state index contributed by atoms with van der Waals surface area (Å²) in [4.78, 5) is 22.4. The molecular formula is C21H20N4O3S2. The molecule has 9 heteroatoms. The zero-order valence-corrected chi connectivity index (χ0v) is 17.8. The number of thiazole rings is 1. The molecule has 0 spiro atoms. The second-order valence-electron chi connectivity index (χ2n) is 6.59. The van der Waals surface area contributed by atoms with E-state index in [0.29, 0.717) is 37.6 Å². The van der Waals surface area contributed by atoms with Crippen molar-refractivity contribution in [2.24, 2.45) is 4.99 Å². The lowest BCUT2D eigenvalue weighted by atomic mass is 10.1. The maximum absolute atomic E-state index is 11.6. The Morgan fingerprint density at radius 3 is 2.90 bits per heavy atom. The molecular weight excluding hydrogens is 420 g/mol. The lowest BCUT2D eigenvalue weighted by Crippen LogP contribution is -2.36. The molecule has 30 heavy (non-hydrogen) atoms. The quantitative estimate of drug-likeness (QED) is 0.168. The molecule has 0 bridgehead atoms. The van der Waals surface area contributed by atoms with Crippen LogP contribution in [-0.4, -0.2) is 48.2 Å². The third-order valence-electron chi connectivity index (χ3n) is 4.59. The van der Waals surface area contributed by atoms with Crippen LogP contribution in [0.5, 0.6) is 0 Å². The zero-order chi connectivity index (χ0) is 20.9. The number of thioether (sulfide) groups is 1. The van der Waals surface area contributed by atoms with Crippen LogP contribution < -0.4 is 4.90 Å². The smallest absolute Gasteiger partial charge is 0.293 e. The fourth-order valence-electron chi connectivity index (χ4n) is 3.15. The maximum atomic E-state index is 11.6. The Labute approximate surface area is 182 Å². The highest BCUT2D eigenvalue weighted by molar-refractivity contribution is 8.01. The first-order valence-electron chi connectivity index (χ1n) is 9.43. The van der Waals surface area contributed by atoms with E-state index in [1.165, 1.54) is 0 Å². The third-order valence-corrected chi connectivity index (χ3v) is 6.74. The maximum Gasteiger partial charge on any atom is 0.293 e. The van der Waals surface area contributed by atoms with Gasteiger partial charge in [-0.1, -0.05) is 23.9 Å². The largest absolute Gasteiger partial charge is 0.378 e.